The molecule has 0 aliphatic heterocycles. The average molecular weight is 324 g/mol. The van der Waals surface area contributed by atoms with E-state index >= 15 is 0 Å². The van der Waals surface area contributed by atoms with Crippen LogP contribution in [0.3, 0.4) is 0 Å². The molecule has 0 spiro atoms. The number of aryl methyl sites for hydroxylation is 2. The summed E-state index contributed by atoms with van der Waals surface area (Å²) in [5, 5.41) is 0.242. The largest absolute Gasteiger partial charge is 0.462 e. The molecule has 0 fully saturated rings. The third-order valence-electron chi connectivity index (χ3n) is 3.47. The maximum Gasteiger partial charge on any atom is 0.343 e. The Morgan fingerprint density at radius 2 is 1.92 bits per heavy atom. The minimum absolute atomic E-state index is 0.0590. The summed E-state index contributed by atoms with van der Waals surface area (Å²) in [6.07, 6.45) is 2.74. The zero-order valence-electron chi connectivity index (χ0n) is 13.6. The maximum atomic E-state index is 12.4. The van der Waals surface area contributed by atoms with E-state index in [4.69, 9.17) is 4.74 Å². The van der Waals surface area contributed by atoms with E-state index in [-0.39, 0.29) is 17.6 Å². The van der Waals surface area contributed by atoms with Crippen LogP contribution in [0.1, 0.15) is 28.7 Å². The zero-order valence-corrected chi connectivity index (χ0v) is 13.6. The number of ether oxygens (including phenoxy) is 1. The second-order valence-corrected chi connectivity index (χ2v) is 5.35. The fraction of sp³-hybridized carbons (Fsp3) is 0.235. The fourth-order valence-corrected chi connectivity index (χ4v) is 2.47. The number of esters is 1. The molecule has 0 saturated heterocycles. The number of aromatic nitrogens is 4. The summed E-state index contributed by atoms with van der Waals surface area (Å²) >= 11 is 0. The predicted molar refractivity (Wildman–Crippen MR) is 88.8 cm³/mol. The van der Waals surface area contributed by atoms with Crippen molar-refractivity contribution < 1.29 is 9.53 Å². The summed E-state index contributed by atoms with van der Waals surface area (Å²) in [5.41, 5.74) is 2.40. The van der Waals surface area contributed by atoms with Crippen molar-refractivity contribution >= 4 is 17.0 Å². The molecule has 7 nitrogen and oxygen atoms in total. The van der Waals surface area contributed by atoms with Crippen LogP contribution in [-0.2, 0) is 4.74 Å². The van der Waals surface area contributed by atoms with Crippen molar-refractivity contribution in [1.29, 1.82) is 0 Å². The van der Waals surface area contributed by atoms with E-state index < -0.39 is 11.4 Å². The molecule has 1 N–H and O–H groups in total. The average Bonchev–Trinajstić information content (AvgIpc) is 2.54. The van der Waals surface area contributed by atoms with Crippen LogP contribution in [-0.4, -0.2) is 32.5 Å². The minimum Gasteiger partial charge on any atom is -0.462 e. The van der Waals surface area contributed by atoms with E-state index in [0.29, 0.717) is 11.5 Å². The highest BCUT2D eigenvalue weighted by Gasteiger charge is 2.15. The van der Waals surface area contributed by atoms with E-state index in [1.807, 2.05) is 26.0 Å². The Morgan fingerprint density at radius 3 is 2.58 bits per heavy atom. The number of H-pyrrole nitrogens is 1. The van der Waals surface area contributed by atoms with Crippen LogP contribution in [0, 0.1) is 13.8 Å². The first-order chi connectivity index (χ1) is 11.5. The Kier molecular flexibility index (Phi) is 4.07. The lowest BCUT2D eigenvalue weighted by atomic mass is 10.1. The van der Waals surface area contributed by atoms with Crippen molar-refractivity contribution in [2.24, 2.45) is 0 Å². The normalized spacial score (nSPS) is 10.8. The molecule has 122 valence electrons. The number of nitrogens with one attached hydrogen (secondary N) is 1. The molecule has 3 rings (SSSR count). The molecule has 0 aliphatic carbocycles. The van der Waals surface area contributed by atoms with Gasteiger partial charge in [0.05, 0.1) is 12.0 Å². The van der Waals surface area contributed by atoms with Crippen LogP contribution >= 0.6 is 0 Å². The van der Waals surface area contributed by atoms with Crippen molar-refractivity contribution in [3.63, 3.8) is 0 Å². The topological polar surface area (TPSA) is 97.8 Å². The van der Waals surface area contributed by atoms with Crippen molar-refractivity contribution in [2.75, 3.05) is 6.61 Å². The van der Waals surface area contributed by atoms with Gasteiger partial charge in [-0.25, -0.2) is 14.8 Å². The van der Waals surface area contributed by atoms with Gasteiger partial charge in [0, 0.05) is 29.3 Å². The van der Waals surface area contributed by atoms with Crippen molar-refractivity contribution in [2.45, 2.75) is 20.8 Å². The zero-order chi connectivity index (χ0) is 17.3. The first-order valence-corrected chi connectivity index (χ1v) is 7.51. The van der Waals surface area contributed by atoms with Gasteiger partial charge in [-0.2, -0.15) is 0 Å². The molecule has 0 saturated carbocycles. The quantitative estimate of drug-likeness (QED) is 0.742. The van der Waals surface area contributed by atoms with Gasteiger partial charge < -0.3 is 9.72 Å². The van der Waals surface area contributed by atoms with Gasteiger partial charge in [-0.05, 0) is 32.9 Å². The number of pyridine rings is 2. The molecular formula is C17H16N4O3. The van der Waals surface area contributed by atoms with Crippen molar-refractivity contribution in [3.05, 3.63) is 51.7 Å². The third-order valence-corrected chi connectivity index (χ3v) is 3.47. The van der Waals surface area contributed by atoms with E-state index in [9.17, 15) is 9.59 Å². The highest BCUT2D eigenvalue weighted by Crippen LogP contribution is 2.18. The van der Waals surface area contributed by atoms with Crippen LogP contribution in [0.5, 0.6) is 0 Å². The molecule has 3 aromatic rings. The van der Waals surface area contributed by atoms with Crippen molar-refractivity contribution in [3.8, 4) is 11.4 Å². The summed E-state index contributed by atoms with van der Waals surface area (Å²) in [6, 6.07) is 3.75. The summed E-state index contributed by atoms with van der Waals surface area (Å²) in [6.45, 7) is 5.67. The molecular weight excluding hydrogens is 308 g/mol. The number of fused-ring (bicyclic) bond motifs is 1. The number of carbonyl (C=O) groups excluding carboxylic acids is 1. The minimum atomic E-state index is -0.662. The molecule has 3 heterocycles. The highest BCUT2D eigenvalue weighted by molar-refractivity contribution is 5.92. The second kappa shape index (κ2) is 6.19. The highest BCUT2D eigenvalue weighted by atomic mass is 16.5. The van der Waals surface area contributed by atoms with E-state index in [2.05, 4.69) is 19.9 Å². The standard InChI is InChI=1S/C17H16N4O3/c1-4-24-17(23)13-8-19-16-12(14(13)22)7-18-15(21-16)11-5-9(2)20-10(3)6-11/h5-8H,4H2,1-3H3,(H,18,19,21,22). The number of nitrogens with zero attached hydrogens (tertiary/aromatic N) is 3. The maximum absolute atomic E-state index is 12.4. The first kappa shape index (κ1) is 15.8. The smallest absolute Gasteiger partial charge is 0.343 e. The van der Waals surface area contributed by atoms with E-state index in [0.717, 1.165) is 17.0 Å². The van der Waals surface area contributed by atoms with Crippen LogP contribution < -0.4 is 5.43 Å². The van der Waals surface area contributed by atoms with E-state index in [1.54, 1.807) is 6.92 Å². The van der Waals surface area contributed by atoms with Gasteiger partial charge in [0.15, 0.2) is 5.82 Å². The Hall–Kier alpha value is -3.09. The number of rotatable bonds is 3. The lowest BCUT2D eigenvalue weighted by Crippen LogP contribution is -2.18. The van der Waals surface area contributed by atoms with Crippen LogP contribution in [0.25, 0.3) is 22.4 Å². The Morgan fingerprint density at radius 1 is 1.21 bits per heavy atom. The lowest BCUT2D eigenvalue weighted by molar-refractivity contribution is 0.0524. The number of hydrogen-bond donors (Lipinski definition) is 1. The summed E-state index contributed by atoms with van der Waals surface area (Å²) in [5.74, 6) is -0.180. The Labute approximate surface area is 137 Å². The second-order valence-electron chi connectivity index (χ2n) is 5.35. The summed E-state index contributed by atoms with van der Waals surface area (Å²) in [7, 11) is 0. The molecule has 0 unspecified atom stereocenters. The lowest BCUT2D eigenvalue weighted by Gasteiger charge is -2.06. The molecule has 0 aliphatic rings. The van der Waals surface area contributed by atoms with Gasteiger partial charge in [-0.3, -0.25) is 9.78 Å². The van der Waals surface area contributed by atoms with Crippen molar-refractivity contribution in [1.82, 2.24) is 19.9 Å². The first-order valence-electron chi connectivity index (χ1n) is 7.51. The molecule has 3 aromatic heterocycles. The van der Waals surface area contributed by atoms with Crippen LogP contribution in [0.15, 0.2) is 29.3 Å². The Bertz CT molecular complexity index is 975. The fourth-order valence-electron chi connectivity index (χ4n) is 2.47. The molecule has 0 radical (unpaired) electrons. The molecule has 0 amide bonds. The molecule has 0 atom stereocenters. The SMILES string of the molecule is CCOC(=O)c1c[nH]c2nc(-c3cc(C)nc(C)c3)ncc2c1=O. The number of carbonyl (C=O) groups is 1. The van der Waals surface area contributed by atoms with Gasteiger partial charge in [0.1, 0.15) is 11.2 Å². The van der Waals surface area contributed by atoms with Gasteiger partial charge in [-0.1, -0.05) is 0 Å². The third kappa shape index (κ3) is 2.88. The van der Waals surface area contributed by atoms with E-state index in [1.165, 1.54) is 12.4 Å². The summed E-state index contributed by atoms with van der Waals surface area (Å²) < 4.78 is 4.87. The van der Waals surface area contributed by atoms with Gasteiger partial charge >= 0.3 is 5.97 Å². The monoisotopic (exact) mass is 324 g/mol. The van der Waals surface area contributed by atoms with Crippen LogP contribution in [0.4, 0.5) is 0 Å². The molecule has 0 bridgehead atoms. The molecule has 7 heteroatoms. The van der Waals surface area contributed by atoms with Gasteiger partial charge in [0.25, 0.3) is 0 Å². The summed E-state index contributed by atoms with van der Waals surface area (Å²) in [4.78, 5) is 40.0. The number of hydrogen-bond acceptors (Lipinski definition) is 6. The molecule has 24 heavy (non-hydrogen) atoms. The van der Waals surface area contributed by atoms with Gasteiger partial charge in [0.2, 0.25) is 5.43 Å². The van der Waals surface area contributed by atoms with Crippen LogP contribution in [0.2, 0.25) is 0 Å². The van der Waals surface area contributed by atoms with Gasteiger partial charge in [-0.15, -0.1) is 0 Å². The predicted octanol–water partition coefficient (Wildman–Crippen LogP) is 2.17. The molecule has 0 aromatic carbocycles. The number of aromatic amines is 1. The Balaban J connectivity index is 2.11.